The van der Waals surface area contributed by atoms with Crippen molar-refractivity contribution in [3.63, 3.8) is 0 Å². The van der Waals surface area contributed by atoms with Crippen LogP contribution in [0, 0.1) is 16.0 Å². The Bertz CT molecular complexity index is 422. The van der Waals surface area contributed by atoms with Crippen LogP contribution in [-0.4, -0.2) is 29.0 Å². The molecule has 2 atom stereocenters. The van der Waals surface area contributed by atoms with Crippen LogP contribution >= 0.6 is 12.4 Å². The Balaban J connectivity index is 0.00000180. The molecule has 0 bridgehead atoms. The predicted molar refractivity (Wildman–Crippen MR) is 77.4 cm³/mol. The van der Waals surface area contributed by atoms with E-state index >= 15 is 0 Å². The van der Waals surface area contributed by atoms with Gasteiger partial charge in [0, 0.05) is 31.3 Å². The zero-order valence-electron chi connectivity index (χ0n) is 11.0. The van der Waals surface area contributed by atoms with Crippen molar-refractivity contribution in [2.75, 3.05) is 13.1 Å². The van der Waals surface area contributed by atoms with E-state index in [0.717, 1.165) is 31.6 Å². The molecule has 0 radical (unpaired) electrons. The van der Waals surface area contributed by atoms with Crippen LogP contribution in [0.15, 0.2) is 24.3 Å². The average Bonchev–Trinajstić information content (AvgIpc) is 2.78. The van der Waals surface area contributed by atoms with Crippen molar-refractivity contribution in [3.8, 4) is 0 Å². The van der Waals surface area contributed by atoms with Crippen LogP contribution in [-0.2, 0) is 6.54 Å². The highest BCUT2D eigenvalue weighted by Crippen LogP contribution is 2.21. The summed E-state index contributed by atoms with van der Waals surface area (Å²) in [6, 6.07) is 7.03. The van der Waals surface area contributed by atoms with Crippen molar-refractivity contribution in [2.45, 2.75) is 25.9 Å². The number of halogens is 1. The summed E-state index contributed by atoms with van der Waals surface area (Å²) in [5.41, 5.74) is 7.17. The van der Waals surface area contributed by atoms with E-state index in [-0.39, 0.29) is 29.1 Å². The molecule has 0 amide bonds. The molecule has 5 nitrogen and oxygen atoms in total. The SMILES string of the molecule is CC(N)C1CCN(Cc2ccc([N+](=O)[O-])cc2)C1.Cl. The molecule has 1 fully saturated rings. The minimum absolute atomic E-state index is 0. The van der Waals surface area contributed by atoms with Gasteiger partial charge in [-0.2, -0.15) is 0 Å². The van der Waals surface area contributed by atoms with Gasteiger partial charge in [-0.05, 0) is 31.4 Å². The normalized spacial score (nSPS) is 20.8. The van der Waals surface area contributed by atoms with Gasteiger partial charge in [0.05, 0.1) is 4.92 Å². The van der Waals surface area contributed by atoms with Gasteiger partial charge in [0.2, 0.25) is 0 Å². The Morgan fingerprint density at radius 1 is 1.47 bits per heavy atom. The molecule has 2 unspecified atom stereocenters. The van der Waals surface area contributed by atoms with E-state index in [1.165, 1.54) is 0 Å². The third-order valence-electron chi connectivity index (χ3n) is 3.61. The third kappa shape index (κ3) is 4.16. The Hall–Kier alpha value is -1.17. The maximum Gasteiger partial charge on any atom is 0.269 e. The summed E-state index contributed by atoms with van der Waals surface area (Å²) in [5.74, 6) is 0.572. The van der Waals surface area contributed by atoms with E-state index in [0.29, 0.717) is 5.92 Å². The monoisotopic (exact) mass is 285 g/mol. The van der Waals surface area contributed by atoms with Gasteiger partial charge in [0.15, 0.2) is 0 Å². The topological polar surface area (TPSA) is 72.4 Å². The van der Waals surface area contributed by atoms with Crippen molar-refractivity contribution in [1.29, 1.82) is 0 Å². The van der Waals surface area contributed by atoms with Crippen molar-refractivity contribution in [2.24, 2.45) is 11.7 Å². The van der Waals surface area contributed by atoms with Crippen molar-refractivity contribution in [1.82, 2.24) is 4.90 Å². The number of benzene rings is 1. The number of nitro benzene ring substituents is 1. The number of hydrogen-bond acceptors (Lipinski definition) is 4. The zero-order valence-corrected chi connectivity index (χ0v) is 11.8. The van der Waals surface area contributed by atoms with Gasteiger partial charge in [0.25, 0.3) is 5.69 Å². The standard InChI is InChI=1S/C13H19N3O2.ClH/c1-10(14)12-6-7-15(9-12)8-11-2-4-13(5-3-11)16(17)18;/h2-5,10,12H,6-9,14H2,1H3;1H. The molecule has 2 N–H and O–H groups in total. The van der Waals surface area contributed by atoms with Gasteiger partial charge >= 0.3 is 0 Å². The molecular formula is C13H20ClN3O2. The lowest BCUT2D eigenvalue weighted by Gasteiger charge is -2.17. The Labute approximate surface area is 119 Å². The van der Waals surface area contributed by atoms with E-state index in [1.54, 1.807) is 12.1 Å². The molecule has 19 heavy (non-hydrogen) atoms. The second kappa shape index (κ2) is 6.84. The van der Waals surface area contributed by atoms with E-state index in [1.807, 2.05) is 12.1 Å². The quantitative estimate of drug-likeness (QED) is 0.680. The molecule has 1 aromatic rings. The number of likely N-dealkylation sites (tertiary alicyclic amines) is 1. The predicted octanol–water partition coefficient (Wildman–Crippen LogP) is 2.19. The molecule has 0 aliphatic carbocycles. The summed E-state index contributed by atoms with van der Waals surface area (Å²) in [5, 5.41) is 10.6. The summed E-state index contributed by atoms with van der Waals surface area (Å²) in [7, 11) is 0. The summed E-state index contributed by atoms with van der Waals surface area (Å²) >= 11 is 0. The number of non-ortho nitro benzene ring substituents is 1. The highest BCUT2D eigenvalue weighted by atomic mass is 35.5. The van der Waals surface area contributed by atoms with Crippen LogP contribution < -0.4 is 5.73 Å². The molecular weight excluding hydrogens is 266 g/mol. The first-order valence-electron chi connectivity index (χ1n) is 6.27. The number of nitrogens with zero attached hydrogens (tertiary/aromatic N) is 2. The fourth-order valence-electron chi connectivity index (χ4n) is 2.42. The first-order chi connectivity index (χ1) is 8.56. The fraction of sp³-hybridized carbons (Fsp3) is 0.538. The molecule has 1 aliphatic heterocycles. The molecule has 1 aliphatic rings. The Morgan fingerprint density at radius 2 is 2.11 bits per heavy atom. The van der Waals surface area contributed by atoms with Crippen LogP contribution in [0.4, 0.5) is 5.69 Å². The Kier molecular flexibility index (Phi) is 5.72. The largest absolute Gasteiger partial charge is 0.328 e. The molecule has 0 saturated carbocycles. The Morgan fingerprint density at radius 3 is 2.58 bits per heavy atom. The van der Waals surface area contributed by atoms with Gasteiger partial charge in [-0.1, -0.05) is 12.1 Å². The summed E-state index contributed by atoms with van der Waals surface area (Å²) in [6.07, 6.45) is 1.14. The molecule has 106 valence electrons. The van der Waals surface area contributed by atoms with Crippen LogP contribution in [0.5, 0.6) is 0 Å². The smallest absolute Gasteiger partial charge is 0.269 e. The summed E-state index contributed by atoms with van der Waals surface area (Å²) < 4.78 is 0. The van der Waals surface area contributed by atoms with Crippen molar-refractivity contribution < 1.29 is 4.92 Å². The maximum absolute atomic E-state index is 10.6. The minimum Gasteiger partial charge on any atom is -0.328 e. The fourth-order valence-corrected chi connectivity index (χ4v) is 2.42. The number of hydrogen-bond donors (Lipinski definition) is 1. The molecule has 0 aromatic heterocycles. The molecule has 2 rings (SSSR count). The van der Waals surface area contributed by atoms with Gasteiger partial charge in [0.1, 0.15) is 0 Å². The lowest BCUT2D eigenvalue weighted by Crippen LogP contribution is -2.29. The summed E-state index contributed by atoms with van der Waals surface area (Å²) in [6.45, 7) is 4.99. The molecule has 1 heterocycles. The van der Waals surface area contributed by atoms with Crippen molar-refractivity contribution in [3.05, 3.63) is 39.9 Å². The highest BCUT2D eigenvalue weighted by molar-refractivity contribution is 5.85. The van der Waals surface area contributed by atoms with Gasteiger partial charge < -0.3 is 5.73 Å². The minimum atomic E-state index is -0.369. The first-order valence-corrected chi connectivity index (χ1v) is 6.27. The lowest BCUT2D eigenvalue weighted by atomic mass is 10.0. The number of nitrogens with two attached hydrogens (primary N) is 1. The van der Waals surface area contributed by atoms with Crippen LogP contribution in [0.25, 0.3) is 0 Å². The lowest BCUT2D eigenvalue weighted by molar-refractivity contribution is -0.384. The first kappa shape index (κ1) is 15.9. The molecule has 0 spiro atoms. The number of nitro groups is 1. The highest BCUT2D eigenvalue weighted by Gasteiger charge is 2.24. The van der Waals surface area contributed by atoms with Crippen molar-refractivity contribution >= 4 is 18.1 Å². The van der Waals surface area contributed by atoms with E-state index in [2.05, 4.69) is 11.8 Å². The van der Waals surface area contributed by atoms with Crippen LogP contribution in [0.3, 0.4) is 0 Å². The average molecular weight is 286 g/mol. The molecule has 6 heteroatoms. The van der Waals surface area contributed by atoms with Gasteiger partial charge in [-0.3, -0.25) is 15.0 Å². The van der Waals surface area contributed by atoms with E-state index in [4.69, 9.17) is 5.73 Å². The molecule has 1 saturated heterocycles. The second-order valence-electron chi connectivity index (χ2n) is 5.07. The van der Waals surface area contributed by atoms with Gasteiger partial charge in [-0.25, -0.2) is 0 Å². The van der Waals surface area contributed by atoms with Crippen LogP contribution in [0.1, 0.15) is 18.9 Å². The van der Waals surface area contributed by atoms with Gasteiger partial charge in [-0.15, -0.1) is 12.4 Å². The second-order valence-corrected chi connectivity index (χ2v) is 5.07. The number of rotatable bonds is 4. The van der Waals surface area contributed by atoms with Crippen LogP contribution in [0.2, 0.25) is 0 Å². The zero-order chi connectivity index (χ0) is 13.1. The maximum atomic E-state index is 10.6. The van der Waals surface area contributed by atoms with E-state index in [9.17, 15) is 10.1 Å². The van der Waals surface area contributed by atoms with E-state index < -0.39 is 0 Å². The third-order valence-corrected chi connectivity index (χ3v) is 3.61. The molecule has 1 aromatic carbocycles. The summed E-state index contributed by atoms with van der Waals surface area (Å²) in [4.78, 5) is 12.5.